The van der Waals surface area contributed by atoms with E-state index in [4.69, 9.17) is 8.83 Å². The molecule has 0 aliphatic carbocycles. The summed E-state index contributed by atoms with van der Waals surface area (Å²) >= 11 is 0. The summed E-state index contributed by atoms with van der Waals surface area (Å²) in [6, 6.07) is 13.4. The number of hydrogen-bond donors (Lipinski definition) is 0. The molecule has 0 radical (unpaired) electrons. The molecule has 0 aliphatic heterocycles. The van der Waals surface area contributed by atoms with Gasteiger partial charge in [-0.15, -0.1) is 0 Å². The van der Waals surface area contributed by atoms with Crippen LogP contribution in [-0.2, 0) is 0 Å². The van der Waals surface area contributed by atoms with Crippen LogP contribution in [-0.4, -0.2) is 18.1 Å². The highest BCUT2D eigenvalue weighted by Gasteiger charge is 2.15. The van der Waals surface area contributed by atoms with E-state index in [-0.39, 0.29) is 5.89 Å². The molecule has 4 rings (SSSR count). The van der Waals surface area contributed by atoms with Crippen LogP contribution in [0.5, 0.6) is 0 Å². The van der Waals surface area contributed by atoms with Gasteiger partial charge < -0.3 is 13.7 Å². The Bertz CT molecular complexity index is 1150. The molecule has 0 unspecified atom stereocenters. The van der Waals surface area contributed by atoms with Gasteiger partial charge >= 0.3 is 5.63 Å². The van der Waals surface area contributed by atoms with Crippen molar-refractivity contribution in [3.05, 3.63) is 58.4 Å². The molecule has 2 heterocycles. The Morgan fingerprint density at radius 3 is 2.39 bits per heavy atom. The largest absolute Gasteiger partial charge is 0.436 e. The smallest absolute Gasteiger partial charge is 0.349 e. The summed E-state index contributed by atoms with van der Waals surface area (Å²) in [5.74, 6) is 0.286. The van der Waals surface area contributed by atoms with E-state index in [1.807, 2.05) is 57.2 Å². The van der Waals surface area contributed by atoms with Gasteiger partial charge in [-0.3, -0.25) is 0 Å². The number of nitrogens with zero attached hydrogens (tertiary/aromatic N) is 2. The summed E-state index contributed by atoms with van der Waals surface area (Å²) in [6.07, 6.45) is 0. The Kier molecular flexibility index (Phi) is 5.83. The molecule has 0 fully saturated rings. The Hall–Kier alpha value is -3.08. The molecule has 2 aromatic carbocycles. The van der Waals surface area contributed by atoms with Crippen molar-refractivity contribution in [1.82, 2.24) is 4.98 Å². The van der Waals surface area contributed by atoms with Crippen molar-refractivity contribution in [2.24, 2.45) is 0 Å². The van der Waals surface area contributed by atoms with E-state index in [1.165, 1.54) is 0 Å². The average molecular weight is 378 g/mol. The van der Waals surface area contributed by atoms with Crippen molar-refractivity contribution in [1.29, 1.82) is 0 Å². The lowest BCUT2D eigenvalue weighted by Gasteiger charge is -2.20. The van der Waals surface area contributed by atoms with Gasteiger partial charge in [-0.05, 0) is 56.7 Å². The third-order valence-electron chi connectivity index (χ3n) is 4.62. The Morgan fingerprint density at radius 1 is 0.929 bits per heavy atom. The zero-order valence-electron chi connectivity index (χ0n) is 17.1. The Morgan fingerprint density at radius 2 is 1.68 bits per heavy atom. The number of fused-ring (bicyclic) bond motifs is 2. The molecule has 0 aliphatic rings. The first-order chi connectivity index (χ1) is 13.6. The number of anilines is 1. The first kappa shape index (κ1) is 19.7. The predicted octanol–water partition coefficient (Wildman–Crippen LogP) is 5.78. The van der Waals surface area contributed by atoms with E-state index in [2.05, 4.69) is 23.7 Å². The second kappa shape index (κ2) is 8.30. The normalized spacial score (nSPS) is 10.8. The highest BCUT2D eigenvalue weighted by atomic mass is 16.4. The van der Waals surface area contributed by atoms with Crippen LogP contribution in [0, 0.1) is 6.92 Å². The zero-order valence-corrected chi connectivity index (χ0v) is 17.1. The van der Waals surface area contributed by atoms with Crippen LogP contribution < -0.4 is 10.5 Å². The lowest BCUT2D eigenvalue weighted by molar-refractivity contribution is 0.553. The highest BCUT2D eigenvalue weighted by Crippen LogP contribution is 2.27. The molecular formula is C23H26N2O3. The van der Waals surface area contributed by atoms with Crippen LogP contribution in [0.3, 0.4) is 0 Å². The molecule has 146 valence electrons. The molecule has 0 bridgehead atoms. The molecule has 0 atom stereocenters. The molecular weight excluding hydrogens is 352 g/mol. The molecule has 0 spiro atoms. The van der Waals surface area contributed by atoms with Crippen LogP contribution in [0.15, 0.2) is 56.1 Å². The molecule has 4 aromatic rings. The van der Waals surface area contributed by atoms with E-state index in [1.54, 1.807) is 6.07 Å². The number of hydrogen-bond acceptors (Lipinski definition) is 5. The maximum absolute atomic E-state index is 12.5. The van der Waals surface area contributed by atoms with E-state index < -0.39 is 5.63 Å². The molecule has 28 heavy (non-hydrogen) atoms. The van der Waals surface area contributed by atoms with E-state index >= 15 is 0 Å². The Balaban J connectivity index is 0.00000109. The van der Waals surface area contributed by atoms with E-state index in [0.29, 0.717) is 16.7 Å². The summed E-state index contributed by atoms with van der Waals surface area (Å²) in [4.78, 5) is 19.2. The third kappa shape index (κ3) is 3.65. The summed E-state index contributed by atoms with van der Waals surface area (Å²) in [6.45, 7) is 12.0. The molecule has 0 amide bonds. The van der Waals surface area contributed by atoms with Gasteiger partial charge in [0, 0.05) is 30.2 Å². The van der Waals surface area contributed by atoms with Gasteiger partial charge in [0.2, 0.25) is 5.89 Å². The van der Waals surface area contributed by atoms with Crippen molar-refractivity contribution in [2.45, 2.75) is 34.6 Å². The van der Waals surface area contributed by atoms with Crippen LogP contribution >= 0.6 is 0 Å². The Labute approximate surface area is 164 Å². The van der Waals surface area contributed by atoms with Gasteiger partial charge in [0.05, 0.1) is 0 Å². The van der Waals surface area contributed by atoms with Gasteiger partial charge in [-0.2, -0.15) is 0 Å². The average Bonchev–Trinajstić information content (AvgIpc) is 3.12. The van der Waals surface area contributed by atoms with Crippen LogP contribution in [0.4, 0.5) is 5.69 Å². The van der Waals surface area contributed by atoms with E-state index in [9.17, 15) is 4.79 Å². The van der Waals surface area contributed by atoms with Crippen LogP contribution in [0.1, 0.15) is 33.3 Å². The van der Waals surface area contributed by atoms with Crippen molar-refractivity contribution < 1.29 is 8.83 Å². The maximum Gasteiger partial charge on any atom is 0.349 e. The topological polar surface area (TPSA) is 59.5 Å². The molecule has 5 nitrogen and oxygen atoms in total. The minimum absolute atomic E-state index is 0.286. The zero-order chi connectivity index (χ0) is 20.3. The molecule has 0 saturated carbocycles. The number of benzene rings is 2. The fourth-order valence-electron chi connectivity index (χ4n) is 3.19. The minimum atomic E-state index is -0.447. The van der Waals surface area contributed by atoms with Crippen molar-refractivity contribution in [3.8, 4) is 11.5 Å². The van der Waals surface area contributed by atoms with Gasteiger partial charge in [-0.1, -0.05) is 19.9 Å². The molecule has 5 heteroatoms. The molecule has 0 N–H and O–H groups in total. The predicted molar refractivity (Wildman–Crippen MR) is 115 cm³/mol. The SMILES string of the molecule is CC.CCN(CC)c1ccc2cc(-c3nc4cc(C)ccc4o3)c(=O)oc2c1. The first-order valence-corrected chi connectivity index (χ1v) is 9.79. The van der Waals surface area contributed by atoms with Gasteiger partial charge in [0.1, 0.15) is 16.7 Å². The lowest BCUT2D eigenvalue weighted by atomic mass is 10.1. The van der Waals surface area contributed by atoms with Crippen molar-refractivity contribution >= 4 is 27.8 Å². The van der Waals surface area contributed by atoms with E-state index in [0.717, 1.165) is 35.2 Å². The third-order valence-corrected chi connectivity index (χ3v) is 4.62. The van der Waals surface area contributed by atoms with Gasteiger partial charge in [-0.25, -0.2) is 9.78 Å². The quantitative estimate of drug-likeness (QED) is 0.421. The second-order valence-corrected chi connectivity index (χ2v) is 6.33. The van der Waals surface area contributed by atoms with Crippen LogP contribution in [0.25, 0.3) is 33.5 Å². The molecule has 0 saturated heterocycles. The monoisotopic (exact) mass is 378 g/mol. The van der Waals surface area contributed by atoms with Gasteiger partial charge in [0.25, 0.3) is 0 Å². The number of aromatic nitrogens is 1. The fourth-order valence-corrected chi connectivity index (χ4v) is 3.19. The van der Waals surface area contributed by atoms with Crippen molar-refractivity contribution in [3.63, 3.8) is 0 Å². The highest BCUT2D eigenvalue weighted by molar-refractivity contribution is 5.84. The second-order valence-electron chi connectivity index (χ2n) is 6.33. The summed E-state index contributed by atoms with van der Waals surface area (Å²) in [5, 5.41) is 0.842. The van der Waals surface area contributed by atoms with Crippen molar-refractivity contribution in [2.75, 3.05) is 18.0 Å². The maximum atomic E-state index is 12.5. The first-order valence-electron chi connectivity index (χ1n) is 9.79. The summed E-state index contributed by atoms with van der Waals surface area (Å²) in [7, 11) is 0. The minimum Gasteiger partial charge on any atom is -0.436 e. The summed E-state index contributed by atoms with van der Waals surface area (Å²) < 4.78 is 11.3. The number of oxazole rings is 1. The standard InChI is InChI=1S/C21H20N2O3.C2H6/c1-4-23(5-2)15-8-7-14-11-16(21(24)26-19(14)12-15)20-22-17-10-13(3)6-9-18(17)25-20;1-2/h6-12H,4-5H2,1-3H3;1-2H3. The summed E-state index contributed by atoms with van der Waals surface area (Å²) in [5.41, 5.74) is 3.97. The number of aryl methyl sites for hydroxylation is 1. The lowest BCUT2D eigenvalue weighted by Crippen LogP contribution is -2.21. The number of rotatable bonds is 4. The molecule has 2 aromatic heterocycles. The fraction of sp³-hybridized carbons (Fsp3) is 0.304. The van der Waals surface area contributed by atoms with Gasteiger partial charge in [0.15, 0.2) is 5.58 Å². The van der Waals surface area contributed by atoms with Crippen LogP contribution in [0.2, 0.25) is 0 Å².